The maximum atomic E-state index is 11.1. The molecule has 0 atom stereocenters. The smallest absolute Gasteiger partial charge is 0.354 e. The van der Waals surface area contributed by atoms with Crippen molar-refractivity contribution < 1.29 is 19.4 Å². The largest absolute Gasteiger partial charge is 0.478 e. The summed E-state index contributed by atoms with van der Waals surface area (Å²) in [5.74, 6) is -1.86. The van der Waals surface area contributed by atoms with Crippen molar-refractivity contribution >= 4 is 17.8 Å². The molecule has 0 aliphatic carbocycles. The van der Waals surface area contributed by atoms with Crippen LogP contribution in [0.5, 0.6) is 0 Å². The van der Waals surface area contributed by atoms with E-state index in [1.807, 2.05) is 0 Å². The molecule has 0 saturated heterocycles. The number of hydrogen-bond donors (Lipinski definition) is 3. The number of aromatic carboxylic acids is 1. The fourth-order valence-corrected chi connectivity index (χ4v) is 1.20. The highest BCUT2D eigenvalue weighted by atomic mass is 16.5. The van der Waals surface area contributed by atoms with Crippen LogP contribution < -0.4 is 5.73 Å². The van der Waals surface area contributed by atoms with E-state index in [0.717, 1.165) is 0 Å². The number of ether oxygens (including phenoxy) is 1. The highest BCUT2D eigenvalue weighted by Gasteiger charge is 2.22. The lowest BCUT2D eigenvalue weighted by atomic mass is 10.1. The Morgan fingerprint density at radius 2 is 2.07 bits per heavy atom. The van der Waals surface area contributed by atoms with Crippen molar-refractivity contribution in [2.75, 3.05) is 12.8 Å². The Labute approximate surface area is 79.7 Å². The van der Waals surface area contributed by atoms with E-state index in [2.05, 4.69) is 9.72 Å². The van der Waals surface area contributed by atoms with Crippen molar-refractivity contribution in [3.63, 3.8) is 0 Å². The fraction of sp³-hybridized carbons (Fsp3) is 0.250. The Kier molecular flexibility index (Phi) is 2.46. The van der Waals surface area contributed by atoms with E-state index >= 15 is 0 Å². The summed E-state index contributed by atoms with van der Waals surface area (Å²) in [6, 6.07) is 0. The first-order valence-corrected chi connectivity index (χ1v) is 3.78. The maximum Gasteiger partial charge on any atom is 0.354 e. The molecule has 1 heterocycles. The summed E-state index contributed by atoms with van der Waals surface area (Å²) in [6.07, 6.45) is 0. The third-order valence-electron chi connectivity index (χ3n) is 1.88. The number of carbonyl (C=O) groups is 2. The molecule has 1 rings (SSSR count). The minimum absolute atomic E-state index is 0.0459. The summed E-state index contributed by atoms with van der Waals surface area (Å²) in [7, 11) is 1.21. The third-order valence-corrected chi connectivity index (χ3v) is 1.88. The fourth-order valence-electron chi connectivity index (χ4n) is 1.20. The maximum absolute atomic E-state index is 11.1. The second kappa shape index (κ2) is 3.41. The number of methoxy groups -OCH3 is 1. The number of carbonyl (C=O) groups excluding carboxylic acids is 1. The molecule has 0 bridgehead atoms. The first-order valence-electron chi connectivity index (χ1n) is 3.78. The quantitative estimate of drug-likeness (QED) is 0.596. The average molecular weight is 198 g/mol. The van der Waals surface area contributed by atoms with Crippen molar-refractivity contribution in [2.24, 2.45) is 0 Å². The van der Waals surface area contributed by atoms with Crippen LogP contribution in [0.3, 0.4) is 0 Å². The summed E-state index contributed by atoms with van der Waals surface area (Å²) in [5, 5.41) is 8.76. The van der Waals surface area contributed by atoms with Gasteiger partial charge in [0, 0.05) is 0 Å². The summed E-state index contributed by atoms with van der Waals surface area (Å²) in [4.78, 5) is 24.3. The van der Waals surface area contributed by atoms with Crippen LogP contribution in [-0.2, 0) is 4.74 Å². The molecular formula is C8H10N2O4. The minimum Gasteiger partial charge on any atom is -0.478 e. The topological polar surface area (TPSA) is 105 Å². The number of aromatic nitrogens is 1. The highest BCUT2D eigenvalue weighted by molar-refractivity contribution is 6.00. The zero-order valence-electron chi connectivity index (χ0n) is 7.75. The lowest BCUT2D eigenvalue weighted by Gasteiger charge is -1.96. The van der Waals surface area contributed by atoms with Gasteiger partial charge >= 0.3 is 11.9 Å². The molecule has 0 aliphatic rings. The van der Waals surface area contributed by atoms with Crippen molar-refractivity contribution in [2.45, 2.75) is 6.92 Å². The summed E-state index contributed by atoms with van der Waals surface area (Å²) < 4.78 is 4.45. The molecule has 4 N–H and O–H groups in total. The molecule has 0 spiro atoms. The van der Waals surface area contributed by atoms with Gasteiger partial charge in [-0.25, -0.2) is 9.59 Å². The van der Waals surface area contributed by atoms with Gasteiger partial charge in [-0.1, -0.05) is 0 Å². The van der Waals surface area contributed by atoms with Gasteiger partial charge in [-0.2, -0.15) is 0 Å². The van der Waals surface area contributed by atoms with E-state index in [1.54, 1.807) is 0 Å². The Morgan fingerprint density at radius 1 is 1.50 bits per heavy atom. The molecule has 0 fully saturated rings. The van der Waals surface area contributed by atoms with Gasteiger partial charge in [0.15, 0.2) is 0 Å². The van der Waals surface area contributed by atoms with Gasteiger partial charge in [-0.15, -0.1) is 0 Å². The Balaban J connectivity index is 3.30. The predicted octanol–water partition coefficient (Wildman–Crippen LogP) is 0.390. The third kappa shape index (κ3) is 1.41. The van der Waals surface area contributed by atoms with Gasteiger partial charge in [-0.05, 0) is 12.5 Å². The number of carboxylic acid groups (broad SMARTS) is 1. The van der Waals surface area contributed by atoms with Crippen LogP contribution >= 0.6 is 0 Å². The molecule has 14 heavy (non-hydrogen) atoms. The van der Waals surface area contributed by atoms with E-state index in [1.165, 1.54) is 14.0 Å². The van der Waals surface area contributed by atoms with Crippen molar-refractivity contribution in [1.29, 1.82) is 0 Å². The highest BCUT2D eigenvalue weighted by Crippen LogP contribution is 2.20. The number of nitrogen functional groups attached to an aromatic ring is 1. The van der Waals surface area contributed by atoms with Crippen LogP contribution in [-0.4, -0.2) is 29.1 Å². The Bertz CT molecular complexity index is 394. The summed E-state index contributed by atoms with van der Waals surface area (Å²) >= 11 is 0. The van der Waals surface area contributed by atoms with Crippen molar-refractivity contribution in [3.05, 3.63) is 16.8 Å². The number of anilines is 1. The first kappa shape index (κ1) is 10.1. The molecule has 6 heteroatoms. The number of esters is 1. The average Bonchev–Trinajstić information content (AvgIpc) is 2.40. The van der Waals surface area contributed by atoms with Crippen molar-refractivity contribution in [1.82, 2.24) is 4.98 Å². The number of rotatable bonds is 2. The van der Waals surface area contributed by atoms with Gasteiger partial charge < -0.3 is 20.6 Å². The first-order chi connectivity index (χ1) is 6.49. The summed E-state index contributed by atoms with van der Waals surface area (Å²) in [6.45, 7) is 1.49. The number of nitrogens with two attached hydrogens (primary N) is 1. The monoisotopic (exact) mass is 198 g/mol. The zero-order valence-corrected chi connectivity index (χ0v) is 7.75. The molecule has 6 nitrogen and oxygen atoms in total. The SMILES string of the molecule is COC(=O)c1[nH]c(N)c(C(=O)O)c1C. The van der Waals surface area contributed by atoms with E-state index < -0.39 is 11.9 Å². The number of H-pyrrole nitrogens is 1. The molecule has 0 aliphatic heterocycles. The lowest BCUT2D eigenvalue weighted by Crippen LogP contribution is -2.04. The number of nitrogens with one attached hydrogen (secondary N) is 1. The Hall–Kier alpha value is -1.98. The standard InChI is InChI=1S/C8H10N2O4/c1-3-4(7(11)12)6(9)10-5(3)8(13)14-2/h10H,9H2,1-2H3,(H,11,12). The van der Waals surface area contributed by atoms with E-state index in [0.29, 0.717) is 0 Å². The number of carboxylic acids is 1. The number of hydrogen-bond acceptors (Lipinski definition) is 4. The molecule has 0 unspecified atom stereocenters. The van der Waals surface area contributed by atoms with Crippen LogP contribution in [0.1, 0.15) is 26.4 Å². The second-order valence-corrected chi connectivity index (χ2v) is 2.71. The molecule has 0 radical (unpaired) electrons. The molecule has 0 saturated carbocycles. The van der Waals surface area contributed by atoms with Crippen LogP contribution in [0.2, 0.25) is 0 Å². The van der Waals surface area contributed by atoms with Crippen LogP contribution in [0.15, 0.2) is 0 Å². The molecule has 76 valence electrons. The van der Waals surface area contributed by atoms with E-state index in [-0.39, 0.29) is 22.6 Å². The zero-order chi connectivity index (χ0) is 10.9. The summed E-state index contributed by atoms with van der Waals surface area (Å²) in [5.41, 5.74) is 5.65. The second-order valence-electron chi connectivity index (χ2n) is 2.71. The predicted molar refractivity (Wildman–Crippen MR) is 48.2 cm³/mol. The van der Waals surface area contributed by atoms with Crippen LogP contribution in [0.25, 0.3) is 0 Å². The molecular weight excluding hydrogens is 188 g/mol. The van der Waals surface area contributed by atoms with Crippen molar-refractivity contribution in [3.8, 4) is 0 Å². The lowest BCUT2D eigenvalue weighted by molar-refractivity contribution is 0.0594. The van der Waals surface area contributed by atoms with Gasteiger partial charge in [0.05, 0.1) is 7.11 Å². The van der Waals surface area contributed by atoms with Crippen LogP contribution in [0.4, 0.5) is 5.82 Å². The van der Waals surface area contributed by atoms with Crippen LogP contribution in [0, 0.1) is 6.92 Å². The number of aromatic amines is 1. The van der Waals surface area contributed by atoms with Gasteiger partial charge in [0.25, 0.3) is 0 Å². The Morgan fingerprint density at radius 3 is 2.43 bits per heavy atom. The van der Waals surface area contributed by atoms with Gasteiger partial charge in [0.1, 0.15) is 17.1 Å². The van der Waals surface area contributed by atoms with E-state index in [4.69, 9.17) is 10.8 Å². The van der Waals surface area contributed by atoms with E-state index in [9.17, 15) is 9.59 Å². The molecule has 0 aromatic carbocycles. The van der Waals surface area contributed by atoms with Gasteiger partial charge in [-0.3, -0.25) is 0 Å². The molecule has 1 aromatic heterocycles. The normalized spacial score (nSPS) is 9.86. The minimum atomic E-state index is -1.17. The molecule has 0 amide bonds. The molecule has 1 aromatic rings. The van der Waals surface area contributed by atoms with Gasteiger partial charge in [0.2, 0.25) is 0 Å².